The van der Waals surface area contributed by atoms with E-state index < -0.39 is 13.4 Å². The topological polar surface area (TPSA) is 0 Å². The van der Waals surface area contributed by atoms with E-state index in [2.05, 4.69) is 245 Å². The number of aryl methyl sites for hydroxylation is 3. The fourth-order valence-electron chi connectivity index (χ4n) is 7.96. The van der Waals surface area contributed by atoms with Crippen LogP contribution in [0.1, 0.15) is 16.7 Å². The molecule has 0 fully saturated rings. The first kappa shape index (κ1) is 35.6. The summed E-state index contributed by atoms with van der Waals surface area (Å²) in [5.74, 6) is 0. The van der Waals surface area contributed by atoms with Gasteiger partial charge >= 0.3 is 0 Å². The first-order valence-electron chi connectivity index (χ1n) is 18.6. The Kier molecular flexibility index (Phi) is 11.0. The summed E-state index contributed by atoms with van der Waals surface area (Å²) in [6, 6.07) is 82.0. The number of hydrogen-bond donors (Lipinski definition) is 0. The zero-order valence-corrected chi connectivity index (χ0v) is 31.8. The fraction of sp³-hybridized carbons (Fsp3) is 0.0588. The molecule has 8 rings (SSSR count). The monoisotopic (exact) mass is 700 g/mol. The zero-order chi connectivity index (χ0) is 36.5. The minimum atomic E-state index is -1.91. The van der Waals surface area contributed by atoms with Gasteiger partial charge in [-0.1, -0.05) is 193 Å². The molecular weight excluding hydrogens is 654 g/mol. The molecule has 0 aliphatic rings. The van der Waals surface area contributed by atoms with Gasteiger partial charge in [0.2, 0.25) is 0 Å². The summed E-state index contributed by atoms with van der Waals surface area (Å²) in [6.07, 6.45) is -1.26. The molecule has 0 heterocycles. The molecule has 8 aromatic rings. The molecule has 0 N–H and O–H groups in total. The third kappa shape index (κ3) is 7.19. The van der Waals surface area contributed by atoms with Crippen LogP contribution >= 0.6 is 7.26 Å². The van der Waals surface area contributed by atoms with Gasteiger partial charge < -0.3 is 0 Å². The summed E-state index contributed by atoms with van der Waals surface area (Å²) in [6.45, 7) is 6.45. The first-order chi connectivity index (χ1) is 26.0. The van der Waals surface area contributed by atoms with Crippen molar-refractivity contribution in [1.29, 1.82) is 0 Å². The van der Waals surface area contributed by atoms with Crippen molar-refractivity contribution in [1.82, 2.24) is 0 Å². The summed E-state index contributed by atoms with van der Waals surface area (Å²) in [4.78, 5) is 0. The van der Waals surface area contributed by atoms with E-state index in [9.17, 15) is 0 Å². The van der Waals surface area contributed by atoms with Crippen molar-refractivity contribution < 1.29 is 0 Å². The molecule has 0 bridgehead atoms. The number of benzene rings is 8. The Morgan fingerprint density at radius 1 is 0.245 bits per heavy atom. The van der Waals surface area contributed by atoms with Gasteiger partial charge in [-0.25, -0.2) is 0 Å². The minimum Gasteiger partial charge on any atom is -0.195 e. The molecule has 0 unspecified atom stereocenters. The van der Waals surface area contributed by atoms with Crippen molar-refractivity contribution in [2.24, 2.45) is 0 Å². The van der Waals surface area contributed by atoms with E-state index in [0.29, 0.717) is 0 Å². The summed E-state index contributed by atoms with van der Waals surface area (Å²) < 4.78 is 0. The second kappa shape index (κ2) is 16.3. The molecule has 0 nitrogen and oxygen atoms in total. The summed E-state index contributed by atoms with van der Waals surface area (Å²) >= 11 is 0. The SMILES string of the molecule is Cc1ccc([B-](c2ccccc2)(c2ccc(C)cc2)c2ccc(C)cc2)cc1.c1ccc([P+](c2ccccc2)(c2ccccc2)c2ccccc2)cc1. The van der Waals surface area contributed by atoms with Gasteiger partial charge in [-0.3, -0.25) is 0 Å². The second-order valence-electron chi connectivity index (χ2n) is 14.0. The van der Waals surface area contributed by atoms with E-state index in [0.717, 1.165) is 0 Å². The Bertz CT molecular complexity index is 2030. The Balaban J connectivity index is 0.000000165. The van der Waals surface area contributed by atoms with E-state index in [1.54, 1.807) is 0 Å². The van der Waals surface area contributed by atoms with Crippen LogP contribution in [0.25, 0.3) is 0 Å². The molecular formula is C51H46BP. The van der Waals surface area contributed by atoms with Crippen LogP contribution in [0.5, 0.6) is 0 Å². The maximum atomic E-state index is 2.31. The molecule has 8 aromatic carbocycles. The first-order valence-corrected chi connectivity index (χ1v) is 20.4. The summed E-state index contributed by atoms with van der Waals surface area (Å²) in [5, 5.41) is 5.55. The van der Waals surface area contributed by atoms with Crippen molar-refractivity contribution in [3.8, 4) is 0 Å². The van der Waals surface area contributed by atoms with Crippen LogP contribution in [-0.2, 0) is 0 Å². The average molecular weight is 701 g/mol. The largest absolute Gasteiger partial charge is 0.195 e. The van der Waals surface area contributed by atoms with Crippen molar-refractivity contribution in [3.63, 3.8) is 0 Å². The third-order valence-electron chi connectivity index (χ3n) is 10.6. The van der Waals surface area contributed by atoms with Crippen molar-refractivity contribution in [2.75, 3.05) is 0 Å². The van der Waals surface area contributed by atoms with E-state index in [-0.39, 0.29) is 0 Å². The quantitative estimate of drug-likeness (QED) is 0.111. The molecule has 0 saturated carbocycles. The standard InChI is InChI=1S/C27H26B.C24H20P/c1-21-9-15-25(16-10-21)28(24-7-5-4-6-8-24,26-17-11-22(2)12-18-26)27-19-13-23(3)14-20-27;1-5-13-21(14-6-1)25(22-15-7-2-8-16-22,23-17-9-3-10-18-23)24-19-11-4-12-20-24/h4-20H,1-3H3;1-20H/q-1;+1. The predicted molar refractivity (Wildman–Crippen MR) is 235 cm³/mol. The smallest absolute Gasteiger partial charge is 0.144 e. The van der Waals surface area contributed by atoms with E-state index in [1.165, 1.54) is 59.8 Å². The van der Waals surface area contributed by atoms with Gasteiger partial charge in [0.05, 0.1) is 0 Å². The molecule has 53 heavy (non-hydrogen) atoms. The Labute approximate surface area is 317 Å². The van der Waals surface area contributed by atoms with E-state index in [1.807, 2.05) is 0 Å². The van der Waals surface area contributed by atoms with Gasteiger partial charge in [0.1, 0.15) is 34.6 Å². The summed E-state index contributed by atoms with van der Waals surface area (Å²) in [5.41, 5.74) is 9.26. The van der Waals surface area contributed by atoms with Crippen LogP contribution in [-0.4, -0.2) is 6.15 Å². The lowest BCUT2D eigenvalue weighted by atomic mass is 9.13. The van der Waals surface area contributed by atoms with E-state index >= 15 is 0 Å². The maximum Gasteiger partial charge on any atom is 0.144 e. The molecule has 258 valence electrons. The fourth-order valence-corrected chi connectivity index (χ4v) is 12.2. The molecule has 2 heteroatoms. The number of rotatable bonds is 8. The molecule has 0 radical (unpaired) electrons. The highest BCUT2D eigenvalue weighted by Crippen LogP contribution is 2.54. The van der Waals surface area contributed by atoms with Gasteiger partial charge in [0.15, 0.2) is 0 Å². The molecule has 0 aliphatic carbocycles. The Morgan fingerprint density at radius 3 is 0.698 bits per heavy atom. The van der Waals surface area contributed by atoms with Crippen LogP contribution in [0.15, 0.2) is 224 Å². The highest BCUT2D eigenvalue weighted by Gasteiger charge is 2.47. The maximum absolute atomic E-state index is 2.31. The van der Waals surface area contributed by atoms with Gasteiger partial charge in [-0.2, -0.15) is 21.9 Å². The molecule has 0 aliphatic heterocycles. The Hall–Kier alpha value is -5.75. The third-order valence-corrected chi connectivity index (χ3v) is 14.9. The second-order valence-corrected chi connectivity index (χ2v) is 17.4. The molecule has 0 atom stereocenters. The van der Waals surface area contributed by atoms with Crippen LogP contribution in [0.4, 0.5) is 0 Å². The van der Waals surface area contributed by atoms with Gasteiger partial charge in [-0.05, 0) is 69.3 Å². The molecule has 0 spiro atoms. The van der Waals surface area contributed by atoms with Crippen LogP contribution in [0, 0.1) is 20.8 Å². The molecule has 0 aromatic heterocycles. The minimum absolute atomic E-state index is 1.26. The van der Waals surface area contributed by atoms with Crippen molar-refractivity contribution in [2.45, 2.75) is 20.8 Å². The van der Waals surface area contributed by atoms with Crippen LogP contribution < -0.4 is 43.1 Å². The zero-order valence-electron chi connectivity index (χ0n) is 30.9. The lowest BCUT2D eigenvalue weighted by Crippen LogP contribution is -2.74. The van der Waals surface area contributed by atoms with Gasteiger partial charge in [0, 0.05) is 0 Å². The highest BCUT2D eigenvalue weighted by molar-refractivity contribution is 8.01. The predicted octanol–water partition coefficient (Wildman–Crippen LogP) is 8.30. The lowest BCUT2D eigenvalue weighted by molar-refractivity contribution is 1.47. The Morgan fingerprint density at radius 2 is 0.453 bits per heavy atom. The average Bonchev–Trinajstić information content (AvgIpc) is 3.23. The summed E-state index contributed by atoms with van der Waals surface area (Å²) in [7, 11) is -1.91. The van der Waals surface area contributed by atoms with Crippen molar-refractivity contribution in [3.05, 3.63) is 241 Å². The lowest BCUT2D eigenvalue weighted by Gasteiger charge is -2.44. The highest BCUT2D eigenvalue weighted by atomic mass is 31.2. The molecule has 0 amide bonds. The molecule has 0 saturated heterocycles. The van der Waals surface area contributed by atoms with Crippen molar-refractivity contribution >= 4 is 56.5 Å². The normalized spacial score (nSPS) is 11.3. The van der Waals surface area contributed by atoms with E-state index in [4.69, 9.17) is 0 Å². The van der Waals surface area contributed by atoms with Crippen LogP contribution in [0.3, 0.4) is 0 Å². The van der Waals surface area contributed by atoms with Crippen LogP contribution in [0.2, 0.25) is 0 Å². The number of hydrogen-bond acceptors (Lipinski definition) is 0. The van der Waals surface area contributed by atoms with Gasteiger partial charge in [0.25, 0.3) is 0 Å². The van der Waals surface area contributed by atoms with Gasteiger partial charge in [-0.15, -0.1) is 0 Å².